The summed E-state index contributed by atoms with van der Waals surface area (Å²) in [6.07, 6.45) is 0.822. The van der Waals surface area contributed by atoms with Crippen LogP contribution in [0.3, 0.4) is 0 Å². The molecule has 1 unspecified atom stereocenters. The maximum Gasteiger partial charge on any atom is 0.221 e. The second kappa shape index (κ2) is 7.34. The molecule has 0 saturated carbocycles. The normalized spacial score (nSPS) is 17.8. The van der Waals surface area contributed by atoms with Gasteiger partial charge in [0.25, 0.3) is 0 Å². The topological polar surface area (TPSA) is 79.2 Å². The summed E-state index contributed by atoms with van der Waals surface area (Å²) >= 11 is 0. The third-order valence-electron chi connectivity index (χ3n) is 3.99. The molecule has 23 heavy (non-hydrogen) atoms. The molecule has 1 aliphatic rings. The molecule has 1 heterocycles. The Morgan fingerprint density at radius 3 is 2.74 bits per heavy atom. The molecule has 2 rings (SSSR count). The average molecular weight is 318 g/mol. The van der Waals surface area contributed by atoms with Crippen molar-refractivity contribution in [2.75, 3.05) is 13.2 Å². The van der Waals surface area contributed by atoms with Crippen molar-refractivity contribution in [3.63, 3.8) is 0 Å². The van der Waals surface area contributed by atoms with E-state index in [9.17, 15) is 19.2 Å². The highest BCUT2D eigenvalue weighted by Crippen LogP contribution is 2.21. The Labute approximate surface area is 134 Å². The Balaban J connectivity index is 1.96. The first-order valence-electron chi connectivity index (χ1n) is 7.55. The number of hydrogen-bond donors (Lipinski definition) is 1. The summed E-state index contributed by atoms with van der Waals surface area (Å²) < 4.78 is 18.4. The summed E-state index contributed by atoms with van der Waals surface area (Å²) in [6, 6.07) is 7.55. The molecule has 1 aliphatic heterocycles. The number of ketones is 1. The highest BCUT2D eigenvalue weighted by Gasteiger charge is 2.34. The zero-order chi connectivity index (χ0) is 16.9. The van der Waals surface area contributed by atoms with Crippen LogP contribution in [0.5, 0.6) is 0 Å². The summed E-state index contributed by atoms with van der Waals surface area (Å²) in [4.78, 5) is 24.4. The molecule has 1 atom stereocenters. The molecule has 1 aromatic carbocycles. The Hall–Kier alpha value is -2.26. The van der Waals surface area contributed by atoms with Crippen LogP contribution in [0.1, 0.15) is 36.5 Å². The fourth-order valence-corrected chi connectivity index (χ4v) is 2.60. The predicted octanol–water partition coefficient (Wildman–Crippen LogP) is 2.22. The number of rotatable bonds is 5. The molecule has 1 saturated heterocycles. The van der Waals surface area contributed by atoms with E-state index in [-0.39, 0.29) is 23.7 Å². The lowest BCUT2D eigenvalue weighted by Crippen LogP contribution is -2.51. The molecule has 5 nitrogen and oxygen atoms in total. The van der Waals surface area contributed by atoms with Gasteiger partial charge in [-0.15, -0.1) is 0 Å². The summed E-state index contributed by atoms with van der Waals surface area (Å²) in [5, 5.41) is 12.0. The first kappa shape index (κ1) is 17.1. The van der Waals surface area contributed by atoms with Crippen LogP contribution in [0.4, 0.5) is 4.39 Å². The van der Waals surface area contributed by atoms with Crippen molar-refractivity contribution in [3.05, 3.63) is 35.6 Å². The van der Waals surface area contributed by atoms with E-state index < -0.39 is 17.3 Å². The maximum absolute atomic E-state index is 13.2. The largest absolute Gasteiger partial charge is 0.381 e. The smallest absolute Gasteiger partial charge is 0.221 e. The van der Waals surface area contributed by atoms with Crippen molar-refractivity contribution in [1.29, 1.82) is 5.26 Å². The number of Topliss-reactive ketones (excluding diaryl/α,β-unsaturated/α-hetero) is 1. The molecule has 1 aromatic rings. The molecule has 0 aromatic heterocycles. The number of halogens is 1. The molecular weight excluding hydrogens is 299 g/mol. The Morgan fingerprint density at radius 2 is 2.13 bits per heavy atom. The van der Waals surface area contributed by atoms with Crippen molar-refractivity contribution in [2.45, 2.75) is 31.7 Å². The molecule has 122 valence electrons. The van der Waals surface area contributed by atoms with Crippen molar-refractivity contribution in [3.8, 4) is 6.07 Å². The maximum atomic E-state index is 13.2. The quantitative estimate of drug-likeness (QED) is 0.844. The summed E-state index contributed by atoms with van der Waals surface area (Å²) in [5.74, 6) is -1.73. The molecule has 1 amide bonds. The number of carbonyl (C=O) groups excluding carboxylic acids is 2. The summed E-state index contributed by atoms with van der Waals surface area (Å²) in [6.45, 7) is 2.47. The molecule has 6 heteroatoms. The first-order valence-corrected chi connectivity index (χ1v) is 7.55. The van der Waals surface area contributed by atoms with Gasteiger partial charge in [0.2, 0.25) is 5.91 Å². The third-order valence-corrected chi connectivity index (χ3v) is 3.99. The van der Waals surface area contributed by atoms with Gasteiger partial charge >= 0.3 is 0 Å². The SMILES string of the molecule is CC(CC(=O)NC1(C#N)CCOCC1)C(=O)c1cccc(F)c1. The van der Waals surface area contributed by atoms with E-state index in [1.165, 1.54) is 18.2 Å². The van der Waals surface area contributed by atoms with E-state index in [1.807, 2.05) is 0 Å². The van der Waals surface area contributed by atoms with Gasteiger partial charge in [0.1, 0.15) is 11.4 Å². The number of amides is 1. The number of benzene rings is 1. The van der Waals surface area contributed by atoms with Crippen LogP contribution in [-0.4, -0.2) is 30.4 Å². The van der Waals surface area contributed by atoms with Gasteiger partial charge in [-0.3, -0.25) is 9.59 Å². The van der Waals surface area contributed by atoms with Crippen LogP contribution in [0.25, 0.3) is 0 Å². The van der Waals surface area contributed by atoms with Crippen LogP contribution < -0.4 is 5.32 Å². The molecule has 0 radical (unpaired) electrons. The molecule has 0 spiro atoms. The minimum Gasteiger partial charge on any atom is -0.381 e. The summed E-state index contributed by atoms with van der Waals surface area (Å²) in [5.41, 5.74) is -0.678. The van der Waals surface area contributed by atoms with Gasteiger partial charge in [-0.05, 0) is 12.1 Å². The third kappa shape index (κ3) is 4.36. The van der Waals surface area contributed by atoms with E-state index in [0.717, 1.165) is 6.07 Å². The number of nitriles is 1. The summed E-state index contributed by atoms with van der Waals surface area (Å²) in [7, 11) is 0. The van der Waals surface area contributed by atoms with E-state index in [0.29, 0.717) is 26.1 Å². The monoisotopic (exact) mass is 318 g/mol. The number of hydrogen-bond acceptors (Lipinski definition) is 4. The van der Waals surface area contributed by atoms with E-state index in [4.69, 9.17) is 4.74 Å². The van der Waals surface area contributed by atoms with Gasteiger partial charge < -0.3 is 10.1 Å². The molecular formula is C17H19FN2O3. The highest BCUT2D eigenvalue weighted by atomic mass is 19.1. The molecule has 0 bridgehead atoms. The van der Waals surface area contributed by atoms with E-state index >= 15 is 0 Å². The minimum absolute atomic E-state index is 0.0420. The van der Waals surface area contributed by atoms with Crippen LogP contribution >= 0.6 is 0 Å². The fraction of sp³-hybridized carbons (Fsp3) is 0.471. The fourth-order valence-electron chi connectivity index (χ4n) is 2.60. The zero-order valence-electron chi connectivity index (χ0n) is 13.0. The van der Waals surface area contributed by atoms with Gasteiger partial charge in [-0.25, -0.2) is 4.39 Å². The second-order valence-electron chi connectivity index (χ2n) is 5.83. The van der Waals surface area contributed by atoms with Gasteiger partial charge in [-0.2, -0.15) is 5.26 Å². The standard InChI is InChI=1S/C17H19FN2O3/c1-12(16(22)13-3-2-4-14(18)10-13)9-15(21)20-17(11-19)5-7-23-8-6-17/h2-4,10,12H,5-9H2,1H3,(H,20,21). The number of nitrogens with one attached hydrogen (secondary N) is 1. The lowest BCUT2D eigenvalue weighted by molar-refractivity contribution is -0.123. The lowest BCUT2D eigenvalue weighted by Gasteiger charge is -2.31. The van der Waals surface area contributed by atoms with Gasteiger partial charge in [0.15, 0.2) is 5.78 Å². The molecule has 1 fully saturated rings. The average Bonchev–Trinajstić information content (AvgIpc) is 2.54. The van der Waals surface area contributed by atoms with Gasteiger partial charge in [0, 0.05) is 44.0 Å². The lowest BCUT2D eigenvalue weighted by atomic mass is 9.90. The Kier molecular flexibility index (Phi) is 5.45. The number of carbonyl (C=O) groups is 2. The van der Waals surface area contributed by atoms with Crippen molar-refractivity contribution < 1.29 is 18.7 Å². The van der Waals surface area contributed by atoms with Gasteiger partial charge in [0.05, 0.1) is 6.07 Å². The Morgan fingerprint density at radius 1 is 1.43 bits per heavy atom. The van der Waals surface area contributed by atoms with Crippen molar-refractivity contribution in [1.82, 2.24) is 5.32 Å². The number of nitrogens with zero attached hydrogens (tertiary/aromatic N) is 1. The Bertz CT molecular complexity index is 633. The van der Waals surface area contributed by atoms with Crippen LogP contribution in [0.15, 0.2) is 24.3 Å². The van der Waals surface area contributed by atoms with Gasteiger partial charge in [-0.1, -0.05) is 19.1 Å². The van der Waals surface area contributed by atoms with Crippen molar-refractivity contribution in [2.24, 2.45) is 5.92 Å². The van der Waals surface area contributed by atoms with E-state index in [2.05, 4.69) is 11.4 Å². The van der Waals surface area contributed by atoms with Crippen LogP contribution in [0.2, 0.25) is 0 Å². The first-order chi connectivity index (χ1) is 11.0. The predicted molar refractivity (Wildman–Crippen MR) is 81.1 cm³/mol. The minimum atomic E-state index is -0.920. The molecule has 1 N–H and O–H groups in total. The molecule has 0 aliphatic carbocycles. The van der Waals surface area contributed by atoms with Crippen LogP contribution in [0, 0.1) is 23.1 Å². The highest BCUT2D eigenvalue weighted by molar-refractivity contribution is 5.99. The zero-order valence-corrected chi connectivity index (χ0v) is 13.0. The van der Waals surface area contributed by atoms with Crippen LogP contribution in [-0.2, 0) is 9.53 Å². The van der Waals surface area contributed by atoms with Crippen molar-refractivity contribution >= 4 is 11.7 Å². The second-order valence-corrected chi connectivity index (χ2v) is 5.83. The number of ether oxygens (including phenoxy) is 1. The van der Waals surface area contributed by atoms with E-state index in [1.54, 1.807) is 6.92 Å².